The van der Waals surface area contributed by atoms with Gasteiger partial charge in [-0.1, -0.05) is 109 Å². The Balaban J connectivity index is 1.19. The first-order valence-electron chi connectivity index (χ1n) is 19.4. The summed E-state index contributed by atoms with van der Waals surface area (Å²) in [5, 5.41) is 3.45. The van der Waals surface area contributed by atoms with Crippen LogP contribution < -0.4 is 0 Å². The summed E-state index contributed by atoms with van der Waals surface area (Å²) in [7, 11) is 0. The van der Waals surface area contributed by atoms with E-state index in [4.69, 9.17) is 32.3 Å². The van der Waals surface area contributed by atoms with Crippen LogP contribution in [0.15, 0.2) is 165 Å². The fraction of sp³-hybridized carbons (Fsp3) is 0. The summed E-state index contributed by atoms with van der Waals surface area (Å²) in [4.78, 5) is 14.6. The minimum atomic E-state index is -0.366. The lowest BCUT2D eigenvalue weighted by molar-refractivity contribution is 0.668. The van der Waals surface area contributed by atoms with E-state index in [0.717, 1.165) is 21.5 Å². The quantitative estimate of drug-likeness (QED) is 0.187. The number of furan rings is 3. The summed E-state index contributed by atoms with van der Waals surface area (Å²) in [5.74, 6) is 0.563. The molecule has 11 aromatic rings. The maximum atomic E-state index is 9.56. The standard InChI is InChI=1S/C45H25N3O3/c1-2-10-26(11-3-1)43-46-44(48-45(47-43)34-16-9-19-39-41(34)33-13-5-7-18-37(33)50-39)28-20-22-31-32-15-8-14-29(42(32)51-40(31)25-28)27-21-23-38-35(24-27)30-12-4-6-17-36(30)49-38/h1-25H/i8D,14D,15D,20D,22D,25D. The Bertz CT molecular complexity index is 3500. The van der Waals surface area contributed by atoms with E-state index in [0.29, 0.717) is 44.8 Å². The van der Waals surface area contributed by atoms with Crippen molar-refractivity contribution >= 4 is 65.8 Å². The van der Waals surface area contributed by atoms with Crippen LogP contribution in [0.1, 0.15) is 8.22 Å². The summed E-state index contributed by atoms with van der Waals surface area (Å²) < 4.78 is 73.8. The van der Waals surface area contributed by atoms with Crippen molar-refractivity contribution in [3.63, 3.8) is 0 Å². The average Bonchev–Trinajstić information content (AvgIpc) is 3.94. The Labute approximate surface area is 298 Å². The molecule has 0 bridgehead atoms. The molecule has 51 heavy (non-hydrogen) atoms. The molecule has 238 valence electrons. The zero-order chi connectivity index (χ0) is 38.7. The Morgan fingerprint density at radius 3 is 2.00 bits per heavy atom. The molecule has 0 N–H and O–H groups in total. The second kappa shape index (κ2) is 10.7. The molecule has 4 aromatic heterocycles. The van der Waals surface area contributed by atoms with Crippen molar-refractivity contribution in [2.75, 3.05) is 0 Å². The lowest BCUT2D eigenvalue weighted by atomic mass is 10.00. The molecule has 0 aliphatic carbocycles. The molecule has 7 aromatic carbocycles. The highest BCUT2D eigenvalue weighted by Crippen LogP contribution is 2.40. The van der Waals surface area contributed by atoms with Gasteiger partial charge in [0, 0.05) is 54.6 Å². The van der Waals surface area contributed by atoms with Crippen molar-refractivity contribution in [2.45, 2.75) is 0 Å². The van der Waals surface area contributed by atoms with Crippen LogP contribution in [-0.2, 0) is 0 Å². The van der Waals surface area contributed by atoms with Crippen LogP contribution >= 0.6 is 0 Å². The molecule has 0 saturated carbocycles. The second-order valence-electron chi connectivity index (χ2n) is 12.3. The summed E-state index contributed by atoms with van der Waals surface area (Å²) in [6.45, 7) is 0. The zero-order valence-corrected chi connectivity index (χ0v) is 26.5. The van der Waals surface area contributed by atoms with Gasteiger partial charge in [-0.2, -0.15) is 0 Å². The first-order valence-corrected chi connectivity index (χ1v) is 16.4. The van der Waals surface area contributed by atoms with Crippen molar-refractivity contribution in [1.82, 2.24) is 15.0 Å². The molecule has 0 atom stereocenters. The predicted molar refractivity (Wildman–Crippen MR) is 203 cm³/mol. The molecule has 0 spiro atoms. The summed E-state index contributed by atoms with van der Waals surface area (Å²) in [5.41, 5.74) is 4.72. The number of fused-ring (bicyclic) bond motifs is 9. The van der Waals surface area contributed by atoms with Crippen molar-refractivity contribution < 1.29 is 21.5 Å². The Kier molecular flexibility index (Phi) is 4.74. The smallest absolute Gasteiger partial charge is 0.164 e. The van der Waals surface area contributed by atoms with Crippen LogP contribution in [0.2, 0.25) is 0 Å². The topological polar surface area (TPSA) is 78.1 Å². The third-order valence-corrected chi connectivity index (χ3v) is 9.26. The highest BCUT2D eigenvalue weighted by molar-refractivity contribution is 6.13. The molecule has 0 aliphatic heterocycles. The van der Waals surface area contributed by atoms with Gasteiger partial charge in [0.2, 0.25) is 0 Å². The third-order valence-electron chi connectivity index (χ3n) is 9.26. The molecule has 0 unspecified atom stereocenters. The van der Waals surface area contributed by atoms with Gasteiger partial charge in [-0.25, -0.2) is 15.0 Å². The molecule has 0 saturated heterocycles. The van der Waals surface area contributed by atoms with Crippen molar-refractivity contribution in [1.29, 1.82) is 0 Å². The lowest BCUT2D eigenvalue weighted by Gasteiger charge is -2.09. The van der Waals surface area contributed by atoms with E-state index in [1.807, 2.05) is 103 Å². The minimum Gasteiger partial charge on any atom is -0.456 e. The van der Waals surface area contributed by atoms with E-state index in [9.17, 15) is 4.11 Å². The van der Waals surface area contributed by atoms with E-state index in [2.05, 4.69) is 0 Å². The molecular formula is C45H25N3O3. The van der Waals surface area contributed by atoms with Crippen LogP contribution in [0, 0.1) is 0 Å². The van der Waals surface area contributed by atoms with Crippen LogP contribution in [0.25, 0.3) is 111 Å². The normalized spacial score (nSPS) is 13.6. The number of hydrogen-bond donors (Lipinski definition) is 0. The molecule has 11 rings (SSSR count). The fourth-order valence-electron chi connectivity index (χ4n) is 6.90. The SMILES string of the molecule is [2H]c1c([2H])c([2H])c2c(oc3c([2H])c(-c4nc(-c5ccccc5)nc(-c5cccc6oc7ccccc7c56)n4)c([2H])c([2H])c32)c1-c1ccc2oc3ccccc3c2c1. The highest BCUT2D eigenvalue weighted by Gasteiger charge is 2.19. The maximum Gasteiger partial charge on any atom is 0.164 e. The summed E-state index contributed by atoms with van der Waals surface area (Å²) in [6, 6.07) is 33.8. The van der Waals surface area contributed by atoms with Gasteiger partial charge in [0.15, 0.2) is 17.5 Å². The van der Waals surface area contributed by atoms with Crippen LogP contribution in [0.3, 0.4) is 0 Å². The fourth-order valence-corrected chi connectivity index (χ4v) is 6.90. The molecule has 0 radical (unpaired) electrons. The molecule has 0 fully saturated rings. The van der Waals surface area contributed by atoms with E-state index < -0.39 is 0 Å². The monoisotopic (exact) mass is 661 g/mol. The molecule has 0 amide bonds. The van der Waals surface area contributed by atoms with E-state index in [-0.39, 0.29) is 81.0 Å². The van der Waals surface area contributed by atoms with Gasteiger partial charge in [-0.15, -0.1) is 0 Å². The van der Waals surface area contributed by atoms with Gasteiger partial charge in [-0.05, 0) is 48.0 Å². The van der Waals surface area contributed by atoms with Crippen LogP contribution in [0.5, 0.6) is 0 Å². The Morgan fingerprint density at radius 1 is 0.412 bits per heavy atom. The second-order valence-corrected chi connectivity index (χ2v) is 12.3. The number of aromatic nitrogens is 3. The zero-order valence-electron chi connectivity index (χ0n) is 32.5. The minimum absolute atomic E-state index is 0.0134. The number of rotatable bonds is 4. The van der Waals surface area contributed by atoms with E-state index >= 15 is 0 Å². The van der Waals surface area contributed by atoms with Crippen molar-refractivity contribution in [3.8, 4) is 45.3 Å². The lowest BCUT2D eigenvalue weighted by Crippen LogP contribution is -2.00. The van der Waals surface area contributed by atoms with Gasteiger partial charge in [0.1, 0.15) is 33.5 Å². The summed E-state index contributed by atoms with van der Waals surface area (Å²) >= 11 is 0. The third kappa shape index (κ3) is 4.33. The van der Waals surface area contributed by atoms with E-state index in [1.54, 1.807) is 12.1 Å². The molecule has 6 nitrogen and oxygen atoms in total. The van der Waals surface area contributed by atoms with Gasteiger partial charge in [0.05, 0.1) is 8.22 Å². The largest absolute Gasteiger partial charge is 0.456 e. The number of benzene rings is 7. The predicted octanol–water partition coefficient (Wildman–Crippen LogP) is 12.2. The number of para-hydroxylation sites is 3. The van der Waals surface area contributed by atoms with Gasteiger partial charge < -0.3 is 13.3 Å². The first kappa shape index (κ1) is 22.6. The molecule has 0 aliphatic rings. The Hall–Kier alpha value is -7.05. The molecular weight excluding hydrogens is 631 g/mol. The number of hydrogen-bond acceptors (Lipinski definition) is 6. The van der Waals surface area contributed by atoms with Crippen LogP contribution in [0.4, 0.5) is 0 Å². The van der Waals surface area contributed by atoms with Gasteiger partial charge in [0.25, 0.3) is 0 Å². The Morgan fingerprint density at radius 2 is 1.12 bits per heavy atom. The van der Waals surface area contributed by atoms with Gasteiger partial charge in [-0.3, -0.25) is 0 Å². The average molecular weight is 662 g/mol. The highest BCUT2D eigenvalue weighted by atomic mass is 16.3. The maximum absolute atomic E-state index is 9.56. The molecule has 4 heterocycles. The van der Waals surface area contributed by atoms with Crippen LogP contribution in [-0.4, -0.2) is 15.0 Å². The van der Waals surface area contributed by atoms with E-state index in [1.165, 1.54) is 0 Å². The summed E-state index contributed by atoms with van der Waals surface area (Å²) in [6.07, 6.45) is 0. The first-order chi connectivity index (χ1) is 27.8. The molecule has 6 heteroatoms. The van der Waals surface area contributed by atoms with Gasteiger partial charge >= 0.3 is 0 Å². The van der Waals surface area contributed by atoms with Crippen molar-refractivity contribution in [3.05, 3.63) is 152 Å². The number of nitrogens with zero attached hydrogens (tertiary/aromatic N) is 3. The van der Waals surface area contributed by atoms with Crippen molar-refractivity contribution in [2.24, 2.45) is 0 Å².